The van der Waals surface area contributed by atoms with Gasteiger partial charge in [0.1, 0.15) is 11.5 Å². The van der Waals surface area contributed by atoms with Gasteiger partial charge < -0.3 is 14.5 Å². The Balaban J connectivity index is 1.73. The van der Waals surface area contributed by atoms with Crippen molar-refractivity contribution in [3.05, 3.63) is 29.9 Å². The SMILES string of the molecule is O=C1/C(=C\c2ccco2)NC(=S)N1C[C@@H]1CCCO1. The van der Waals surface area contributed by atoms with Crippen molar-refractivity contribution in [1.29, 1.82) is 0 Å². The molecule has 100 valence electrons. The van der Waals surface area contributed by atoms with E-state index in [1.165, 1.54) is 0 Å². The fourth-order valence-electron chi connectivity index (χ4n) is 2.25. The van der Waals surface area contributed by atoms with Crippen LogP contribution in [0.2, 0.25) is 0 Å². The molecule has 0 saturated carbocycles. The highest BCUT2D eigenvalue weighted by Gasteiger charge is 2.33. The first kappa shape index (κ1) is 12.4. The van der Waals surface area contributed by atoms with Gasteiger partial charge in [0.15, 0.2) is 5.11 Å². The Hall–Kier alpha value is -1.66. The summed E-state index contributed by atoms with van der Waals surface area (Å²) in [6.07, 6.45) is 5.33. The largest absolute Gasteiger partial charge is 0.465 e. The number of thiocarbonyl (C=S) groups is 1. The third-order valence-corrected chi connectivity index (χ3v) is 3.52. The highest BCUT2D eigenvalue weighted by Crippen LogP contribution is 2.19. The molecule has 0 unspecified atom stereocenters. The number of ether oxygens (including phenoxy) is 1. The Bertz CT molecular complexity index is 518. The average Bonchev–Trinajstić information content (AvgIpc) is 3.10. The summed E-state index contributed by atoms with van der Waals surface area (Å²) in [7, 11) is 0. The number of hydrogen-bond acceptors (Lipinski definition) is 4. The van der Waals surface area contributed by atoms with Crippen LogP contribution >= 0.6 is 12.2 Å². The van der Waals surface area contributed by atoms with Crippen molar-refractivity contribution in [3.8, 4) is 0 Å². The van der Waals surface area contributed by atoms with Gasteiger partial charge in [-0.05, 0) is 37.2 Å². The van der Waals surface area contributed by atoms with E-state index in [2.05, 4.69) is 5.32 Å². The van der Waals surface area contributed by atoms with Gasteiger partial charge in [0.2, 0.25) is 0 Å². The van der Waals surface area contributed by atoms with Crippen LogP contribution in [0, 0.1) is 0 Å². The minimum atomic E-state index is -0.128. The van der Waals surface area contributed by atoms with Crippen molar-refractivity contribution in [2.75, 3.05) is 13.2 Å². The lowest BCUT2D eigenvalue weighted by atomic mass is 10.2. The van der Waals surface area contributed by atoms with E-state index in [9.17, 15) is 4.79 Å². The van der Waals surface area contributed by atoms with E-state index in [4.69, 9.17) is 21.4 Å². The second-order valence-electron chi connectivity index (χ2n) is 4.55. The van der Waals surface area contributed by atoms with Crippen LogP contribution in [0.3, 0.4) is 0 Å². The van der Waals surface area contributed by atoms with Crippen LogP contribution in [0.25, 0.3) is 6.08 Å². The van der Waals surface area contributed by atoms with Gasteiger partial charge in [-0.2, -0.15) is 0 Å². The second kappa shape index (κ2) is 5.14. The fourth-order valence-corrected chi connectivity index (χ4v) is 2.51. The van der Waals surface area contributed by atoms with Crippen molar-refractivity contribution < 1.29 is 13.9 Å². The van der Waals surface area contributed by atoms with Gasteiger partial charge in [-0.15, -0.1) is 0 Å². The predicted octanol–water partition coefficient (Wildman–Crippen LogP) is 1.52. The number of rotatable bonds is 3. The molecule has 0 radical (unpaired) electrons. The van der Waals surface area contributed by atoms with Gasteiger partial charge in [-0.1, -0.05) is 0 Å². The van der Waals surface area contributed by atoms with Crippen LogP contribution in [0.1, 0.15) is 18.6 Å². The molecule has 1 aromatic heterocycles. The van der Waals surface area contributed by atoms with Gasteiger partial charge in [0.05, 0.1) is 18.9 Å². The second-order valence-corrected chi connectivity index (χ2v) is 4.94. The zero-order valence-electron chi connectivity index (χ0n) is 10.3. The Morgan fingerprint density at radius 3 is 3.16 bits per heavy atom. The Morgan fingerprint density at radius 2 is 2.47 bits per heavy atom. The van der Waals surface area contributed by atoms with Crippen molar-refractivity contribution in [3.63, 3.8) is 0 Å². The van der Waals surface area contributed by atoms with Crippen molar-refractivity contribution in [1.82, 2.24) is 10.2 Å². The molecule has 19 heavy (non-hydrogen) atoms. The summed E-state index contributed by atoms with van der Waals surface area (Å²) >= 11 is 5.19. The van der Waals surface area contributed by atoms with E-state index >= 15 is 0 Å². The maximum absolute atomic E-state index is 12.2. The van der Waals surface area contributed by atoms with Gasteiger partial charge in [-0.25, -0.2) is 0 Å². The molecule has 1 atom stereocenters. The molecule has 2 aliphatic heterocycles. The van der Waals surface area contributed by atoms with Crippen LogP contribution in [0.15, 0.2) is 28.5 Å². The maximum Gasteiger partial charge on any atom is 0.276 e. The Kier molecular flexibility index (Phi) is 3.35. The molecule has 0 aromatic carbocycles. The average molecular weight is 278 g/mol. The lowest BCUT2D eigenvalue weighted by molar-refractivity contribution is -0.123. The molecule has 1 aromatic rings. The lowest BCUT2D eigenvalue weighted by Crippen LogP contribution is -2.37. The molecule has 0 bridgehead atoms. The number of carbonyl (C=O) groups excluding carboxylic acids is 1. The van der Waals surface area contributed by atoms with Crippen LogP contribution < -0.4 is 5.32 Å². The summed E-state index contributed by atoms with van der Waals surface area (Å²) in [5, 5.41) is 3.35. The van der Waals surface area contributed by atoms with Gasteiger partial charge in [-0.3, -0.25) is 9.69 Å². The third kappa shape index (κ3) is 2.54. The van der Waals surface area contributed by atoms with E-state index in [1.54, 1.807) is 29.4 Å². The predicted molar refractivity (Wildman–Crippen MR) is 73.1 cm³/mol. The number of amides is 1. The number of nitrogens with one attached hydrogen (secondary N) is 1. The highest BCUT2D eigenvalue weighted by atomic mass is 32.1. The highest BCUT2D eigenvalue weighted by molar-refractivity contribution is 7.80. The summed E-state index contributed by atoms with van der Waals surface area (Å²) in [6, 6.07) is 3.56. The number of carbonyl (C=O) groups is 1. The summed E-state index contributed by atoms with van der Waals surface area (Å²) in [5.74, 6) is 0.495. The molecule has 2 aliphatic rings. The minimum absolute atomic E-state index is 0.0895. The molecule has 3 heterocycles. The van der Waals surface area contributed by atoms with E-state index in [1.807, 2.05) is 0 Å². The van der Waals surface area contributed by atoms with E-state index in [0.717, 1.165) is 19.4 Å². The minimum Gasteiger partial charge on any atom is -0.465 e. The standard InChI is InChI=1S/C13H14N2O3S/c16-12-11(7-9-3-1-5-17-9)14-13(19)15(12)8-10-4-2-6-18-10/h1,3,5,7,10H,2,4,6,8H2,(H,14,19)/b11-7+/t10-/m0/s1. The molecule has 3 rings (SSSR count). The molecule has 2 saturated heterocycles. The third-order valence-electron chi connectivity index (χ3n) is 3.20. The van der Waals surface area contributed by atoms with Gasteiger partial charge in [0.25, 0.3) is 5.91 Å². The zero-order chi connectivity index (χ0) is 13.2. The molecule has 1 N–H and O–H groups in total. The molecule has 2 fully saturated rings. The first-order valence-electron chi connectivity index (χ1n) is 6.24. The molecule has 0 aliphatic carbocycles. The van der Waals surface area contributed by atoms with E-state index in [0.29, 0.717) is 23.1 Å². The first-order chi connectivity index (χ1) is 9.24. The number of hydrogen-bond donors (Lipinski definition) is 1. The van der Waals surface area contributed by atoms with Crippen LogP contribution in [-0.4, -0.2) is 35.2 Å². The van der Waals surface area contributed by atoms with Crippen LogP contribution in [0.4, 0.5) is 0 Å². The summed E-state index contributed by atoms with van der Waals surface area (Å²) in [5.41, 5.74) is 0.443. The first-order valence-corrected chi connectivity index (χ1v) is 6.64. The zero-order valence-corrected chi connectivity index (χ0v) is 11.1. The van der Waals surface area contributed by atoms with Crippen LogP contribution in [0.5, 0.6) is 0 Å². The lowest BCUT2D eigenvalue weighted by Gasteiger charge is -2.18. The van der Waals surface area contributed by atoms with Crippen LogP contribution in [-0.2, 0) is 9.53 Å². The normalized spacial score (nSPS) is 25.4. The monoisotopic (exact) mass is 278 g/mol. The maximum atomic E-state index is 12.2. The summed E-state index contributed by atoms with van der Waals surface area (Å²) < 4.78 is 10.7. The number of nitrogens with zero attached hydrogens (tertiary/aromatic N) is 1. The molecule has 0 spiro atoms. The van der Waals surface area contributed by atoms with Gasteiger partial charge >= 0.3 is 0 Å². The van der Waals surface area contributed by atoms with Crippen molar-refractivity contribution >= 4 is 29.3 Å². The molecule has 5 nitrogen and oxygen atoms in total. The Labute approximate surface area is 116 Å². The molecular formula is C13H14N2O3S. The van der Waals surface area contributed by atoms with E-state index in [-0.39, 0.29) is 12.0 Å². The summed E-state index contributed by atoms with van der Waals surface area (Å²) in [6.45, 7) is 1.28. The van der Waals surface area contributed by atoms with Crippen molar-refractivity contribution in [2.24, 2.45) is 0 Å². The van der Waals surface area contributed by atoms with Gasteiger partial charge in [0, 0.05) is 12.7 Å². The Morgan fingerprint density at radius 1 is 1.58 bits per heavy atom. The summed E-state index contributed by atoms with van der Waals surface area (Å²) in [4.78, 5) is 13.8. The van der Waals surface area contributed by atoms with Crippen molar-refractivity contribution in [2.45, 2.75) is 18.9 Å². The fraction of sp³-hybridized carbons (Fsp3) is 0.385. The van der Waals surface area contributed by atoms with E-state index < -0.39 is 0 Å². The quantitative estimate of drug-likeness (QED) is 0.671. The molecule has 1 amide bonds. The smallest absolute Gasteiger partial charge is 0.276 e. The topological polar surface area (TPSA) is 54.7 Å². The molecular weight excluding hydrogens is 264 g/mol. The number of furan rings is 1. The molecule has 6 heteroatoms.